The molecule has 2 aromatic rings. The van der Waals surface area contributed by atoms with Gasteiger partial charge in [-0.3, -0.25) is 9.78 Å². The minimum absolute atomic E-state index is 0.109. The highest BCUT2D eigenvalue weighted by Crippen LogP contribution is 2.20. The van der Waals surface area contributed by atoms with Gasteiger partial charge in [-0.1, -0.05) is 42.6 Å². The quantitative estimate of drug-likeness (QED) is 0.885. The van der Waals surface area contributed by atoms with Crippen LogP contribution in [0.2, 0.25) is 10.2 Å². The van der Waals surface area contributed by atoms with Gasteiger partial charge in [0, 0.05) is 5.02 Å². The monoisotopic (exact) mass is 312 g/mol. The zero-order chi connectivity index (χ0) is 14.9. The predicted octanol–water partition coefficient (Wildman–Crippen LogP) is 3.09. The van der Waals surface area contributed by atoms with Gasteiger partial charge in [0.2, 0.25) is 0 Å². The van der Waals surface area contributed by atoms with E-state index in [4.69, 9.17) is 23.2 Å². The molecule has 0 unspecified atom stereocenters. The maximum atomic E-state index is 12.5. The number of nitrogens with one attached hydrogen (secondary N) is 1. The summed E-state index contributed by atoms with van der Waals surface area (Å²) in [5.41, 5.74) is 0.591. The summed E-state index contributed by atoms with van der Waals surface area (Å²) in [6.45, 7) is 3.70. The lowest BCUT2D eigenvalue weighted by molar-refractivity contribution is 0.808. The van der Waals surface area contributed by atoms with E-state index in [0.29, 0.717) is 28.3 Å². The van der Waals surface area contributed by atoms with Crippen LogP contribution in [0.4, 0.5) is 0 Å². The van der Waals surface area contributed by atoms with Crippen LogP contribution in [-0.4, -0.2) is 9.55 Å². The van der Waals surface area contributed by atoms with Gasteiger partial charge in [-0.05, 0) is 31.0 Å². The number of hydrogen-bond donors (Lipinski definition) is 1. The third-order valence-electron chi connectivity index (χ3n) is 3.13. The summed E-state index contributed by atoms with van der Waals surface area (Å²) in [5, 5.41) is 0.610. The van der Waals surface area contributed by atoms with Crippen molar-refractivity contribution in [2.24, 2.45) is 0 Å². The molecule has 0 saturated heterocycles. The van der Waals surface area contributed by atoms with Gasteiger partial charge in [-0.2, -0.15) is 0 Å². The van der Waals surface area contributed by atoms with Crippen molar-refractivity contribution in [3.63, 3.8) is 0 Å². The largest absolute Gasteiger partial charge is 0.334 e. The van der Waals surface area contributed by atoms with Crippen molar-refractivity contribution >= 4 is 23.2 Å². The molecule has 0 radical (unpaired) electrons. The van der Waals surface area contributed by atoms with Gasteiger partial charge in [0.05, 0.1) is 11.3 Å². The number of benzene rings is 1. The zero-order valence-electron chi connectivity index (χ0n) is 11.2. The molecule has 0 aliphatic heterocycles. The number of rotatable bonds is 3. The molecular formula is C14H14Cl2N2O2. The van der Waals surface area contributed by atoms with Crippen LogP contribution < -0.4 is 11.2 Å². The van der Waals surface area contributed by atoms with Crippen molar-refractivity contribution in [3.8, 4) is 5.69 Å². The molecule has 1 heterocycles. The molecule has 0 amide bonds. The molecule has 6 heteroatoms. The Bertz CT molecular complexity index is 763. The van der Waals surface area contributed by atoms with Crippen LogP contribution in [0, 0.1) is 6.92 Å². The van der Waals surface area contributed by atoms with Crippen molar-refractivity contribution in [2.75, 3.05) is 0 Å². The van der Waals surface area contributed by atoms with Crippen LogP contribution in [0.25, 0.3) is 5.69 Å². The van der Waals surface area contributed by atoms with Crippen LogP contribution in [0.15, 0.2) is 27.8 Å². The minimum atomic E-state index is -0.565. The van der Waals surface area contributed by atoms with Gasteiger partial charge in [0.1, 0.15) is 5.15 Å². The maximum absolute atomic E-state index is 12.5. The molecule has 1 aromatic carbocycles. The summed E-state index contributed by atoms with van der Waals surface area (Å²) in [6.07, 6.45) is 1.27. The second-order valence-electron chi connectivity index (χ2n) is 4.50. The summed E-state index contributed by atoms with van der Waals surface area (Å²) < 4.78 is 1.08. The van der Waals surface area contributed by atoms with Gasteiger partial charge in [-0.25, -0.2) is 9.36 Å². The van der Waals surface area contributed by atoms with Crippen LogP contribution in [-0.2, 0) is 6.42 Å². The van der Waals surface area contributed by atoms with E-state index >= 15 is 0 Å². The van der Waals surface area contributed by atoms with Crippen molar-refractivity contribution in [2.45, 2.75) is 26.7 Å². The average Bonchev–Trinajstić information content (AvgIpc) is 2.39. The Morgan fingerprint density at radius 3 is 2.60 bits per heavy atom. The summed E-state index contributed by atoms with van der Waals surface area (Å²) >= 11 is 12.0. The van der Waals surface area contributed by atoms with Crippen molar-refractivity contribution in [1.82, 2.24) is 9.55 Å². The SMILES string of the molecule is CCCc1c(Cl)[nH]c(=O)n(-c2cccc(Cl)c2C)c1=O. The summed E-state index contributed by atoms with van der Waals surface area (Å²) in [5.74, 6) is 0. The molecule has 2 rings (SSSR count). The first kappa shape index (κ1) is 14.9. The van der Waals surface area contributed by atoms with Gasteiger partial charge >= 0.3 is 5.69 Å². The van der Waals surface area contributed by atoms with Crippen molar-refractivity contribution < 1.29 is 0 Å². The van der Waals surface area contributed by atoms with E-state index in [9.17, 15) is 9.59 Å². The van der Waals surface area contributed by atoms with Gasteiger partial charge in [-0.15, -0.1) is 0 Å². The van der Waals surface area contributed by atoms with Gasteiger partial charge in [0.25, 0.3) is 5.56 Å². The Morgan fingerprint density at radius 2 is 1.95 bits per heavy atom. The lowest BCUT2D eigenvalue weighted by Gasteiger charge is -2.11. The summed E-state index contributed by atoms with van der Waals surface area (Å²) in [4.78, 5) is 27.0. The van der Waals surface area contributed by atoms with Crippen LogP contribution in [0.5, 0.6) is 0 Å². The molecule has 0 saturated carbocycles. The molecular weight excluding hydrogens is 299 g/mol. The van der Waals surface area contributed by atoms with E-state index in [1.54, 1.807) is 25.1 Å². The van der Waals surface area contributed by atoms with E-state index < -0.39 is 11.2 Å². The third kappa shape index (κ3) is 2.53. The fourth-order valence-corrected chi connectivity index (χ4v) is 2.50. The smallest absolute Gasteiger partial charge is 0.297 e. The summed E-state index contributed by atoms with van der Waals surface area (Å²) in [7, 11) is 0. The van der Waals surface area contributed by atoms with E-state index in [1.165, 1.54) is 0 Å². The lowest BCUT2D eigenvalue weighted by atomic mass is 10.1. The molecule has 20 heavy (non-hydrogen) atoms. The Hall–Kier alpha value is -1.52. The topological polar surface area (TPSA) is 54.9 Å². The van der Waals surface area contributed by atoms with Crippen LogP contribution >= 0.6 is 23.2 Å². The van der Waals surface area contributed by atoms with Gasteiger partial charge < -0.3 is 0 Å². The maximum Gasteiger partial charge on any atom is 0.334 e. The first-order valence-corrected chi connectivity index (χ1v) is 7.02. The Balaban J connectivity index is 2.81. The van der Waals surface area contributed by atoms with Crippen molar-refractivity contribution in [3.05, 3.63) is 60.3 Å². The van der Waals surface area contributed by atoms with E-state index in [0.717, 1.165) is 11.0 Å². The number of halogens is 2. The fourth-order valence-electron chi connectivity index (χ4n) is 2.07. The number of nitrogens with zero attached hydrogens (tertiary/aromatic N) is 1. The first-order chi connectivity index (χ1) is 9.47. The second kappa shape index (κ2) is 5.85. The molecule has 0 atom stereocenters. The highest BCUT2D eigenvalue weighted by atomic mass is 35.5. The first-order valence-electron chi connectivity index (χ1n) is 6.26. The number of hydrogen-bond acceptors (Lipinski definition) is 2. The number of aromatic nitrogens is 2. The second-order valence-corrected chi connectivity index (χ2v) is 5.28. The standard InChI is InChI=1S/C14H14Cl2N2O2/c1-3-5-9-12(16)17-14(20)18(13(9)19)11-7-4-6-10(15)8(11)2/h4,6-7H,3,5H2,1-2H3,(H,17,20). The fraction of sp³-hybridized carbons (Fsp3) is 0.286. The molecule has 0 spiro atoms. The molecule has 0 aliphatic carbocycles. The zero-order valence-corrected chi connectivity index (χ0v) is 12.7. The minimum Gasteiger partial charge on any atom is -0.297 e. The van der Waals surface area contributed by atoms with Gasteiger partial charge in [0.15, 0.2) is 0 Å². The molecule has 1 aromatic heterocycles. The van der Waals surface area contributed by atoms with E-state index in [1.807, 2.05) is 6.92 Å². The normalized spacial score (nSPS) is 10.8. The molecule has 0 fully saturated rings. The predicted molar refractivity (Wildman–Crippen MR) is 81.4 cm³/mol. The number of aromatic amines is 1. The van der Waals surface area contributed by atoms with Crippen LogP contribution in [0.3, 0.4) is 0 Å². The Labute approximate surface area is 126 Å². The van der Waals surface area contributed by atoms with Crippen LogP contribution in [0.1, 0.15) is 24.5 Å². The molecule has 106 valence electrons. The van der Waals surface area contributed by atoms with Crippen molar-refractivity contribution in [1.29, 1.82) is 0 Å². The molecule has 4 nitrogen and oxygen atoms in total. The molecule has 1 N–H and O–H groups in total. The Morgan fingerprint density at radius 1 is 1.25 bits per heavy atom. The number of H-pyrrole nitrogens is 1. The molecule has 0 bridgehead atoms. The average molecular weight is 313 g/mol. The summed E-state index contributed by atoms with van der Waals surface area (Å²) in [6, 6.07) is 5.09. The Kier molecular flexibility index (Phi) is 4.35. The van der Waals surface area contributed by atoms with E-state index in [2.05, 4.69) is 4.98 Å². The molecule has 0 aliphatic rings. The van der Waals surface area contributed by atoms with E-state index in [-0.39, 0.29) is 5.15 Å². The lowest BCUT2D eigenvalue weighted by Crippen LogP contribution is -2.36. The third-order valence-corrected chi connectivity index (χ3v) is 3.86. The highest BCUT2D eigenvalue weighted by Gasteiger charge is 2.15. The highest BCUT2D eigenvalue weighted by molar-refractivity contribution is 6.31.